The summed E-state index contributed by atoms with van der Waals surface area (Å²) in [4.78, 5) is 21.1. The van der Waals surface area contributed by atoms with E-state index < -0.39 is 0 Å². The van der Waals surface area contributed by atoms with Crippen LogP contribution in [0.15, 0.2) is 224 Å². The molecule has 9 heteroatoms. The largest absolute Gasteiger partial charge is 0.309 e. The number of rotatable bonds is 9. The molecule has 0 spiro atoms. The zero-order chi connectivity index (χ0) is 50.8. The number of hydrogen-bond acceptors (Lipinski definition) is 8. The van der Waals surface area contributed by atoms with Crippen molar-refractivity contribution >= 4 is 21.8 Å². The van der Waals surface area contributed by atoms with E-state index in [0.29, 0.717) is 39.6 Å². The molecule has 0 unspecified atom stereocenters. The molecule has 0 saturated carbocycles. The minimum absolute atomic E-state index is 0.382. The van der Waals surface area contributed by atoms with Crippen LogP contribution in [0.1, 0.15) is 22.3 Å². The number of fused-ring (bicyclic) bond motifs is 3. The van der Waals surface area contributed by atoms with E-state index in [4.69, 9.17) is 19.9 Å². The highest BCUT2D eigenvalue weighted by molar-refractivity contribution is 6.12. The molecular weight excluding hydrogens is 919 g/mol. The molecule has 9 aromatic carbocycles. The standard InChI is InChI=1S/C66H37N9/c67-38-42-27-43(39-68)30-53(29-42)50-21-24-62-55(33-50)56-34-51(54-31-44(40-69)28-45(32-54)41-70)22-25-63(56)75(62)64-26-23-52(66-72-58(46-13-5-1-6-14-46)36-59(73-66)47-15-7-2-8-16-47)35-57(64)61-37-60(48-17-9-3-10-18-48)71-65(74-61)49-19-11-4-12-20-49/h1-37H. The van der Waals surface area contributed by atoms with Gasteiger partial charge in [-0.2, -0.15) is 21.0 Å². The van der Waals surface area contributed by atoms with Crippen LogP contribution in [0.2, 0.25) is 0 Å². The van der Waals surface area contributed by atoms with Crippen molar-refractivity contribution in [2.75, 3.05) is 0 Å². The fourth-order valence-corrected chi connectivity index (χ4v) is 9.71. The summed E-state index contributed by atoms with van der Waals surface area (Å²) in [5.41, 5.74) is 15.4. The third-order valence-electron chi connectivity index (χ3n) is 13.3. The van der Waals surface area contributed by atoms with Crippen molar-refractivity contribution in [1.29, 1.82) is 21.0 Å². The van der Waals surface area contributed by atoms with E-state index in [0.717, 1.165) is 100 Å². The molecule has 12 aromatic rings. The molecule has 3 heterocycles. The van der Waals surface area contributed by atoms with Crippen LogP contribution in [0.3, 0.4) is 0 Å². The Morgan fingerprint density at radius 3 is 1.05 bits per heavy atom. The Balaban J connectivity index is 1.16. The van der Waals surface area contributed by atoms with Crippen molar-refractivity contribution in [2.45, 2.75) is 0 Å². The van der Waals surface area contributed by atoms with Gasteiger partial charge in [-0.1, -0.05) is 133 Å². The lowest BCUT2D eigenvalue weighted by atomic mass is 9.97. The fourth-order valence-electron chi connectivity index (χ4n) is 9.71. The Bertz CT molecular complexity index is 4070. The Hall–Kier alpha value is -11.1. The summed E-state index contributed by atoms with van der Waals surface area (Å²) in [7, 11) is 0. The first-order chi connectivity index (χ1) is 36.9. The summed E-state index contributed by atoms with van der Waals surface area (Å²) in [6.07, 6.45) is 0. The van der Waals surface area contributed by atoms with E-state index in [-0.39, 0.29) is 0 Å². The molecule has 0 radical (unpaired) electrons. The Kier molecular flexibility index (Phi) is 11.6. The molecule has 0 aliphatic heterocycles. The summed E-state index contributed by atoms with van der Waals surface area (Å²) in [5, 5.41) is 41.7. The quantitative estimate of drug-likeness (QED) is 0.139. The lowest BCUT2D eigenvalue weighted by Crippen LogP contribution is -2.02. The van der Waals surface area contributed by atoms with Gasteiger partial charge in [0.05, 0.1) is 86.0 Å². The van der Waals surface area contributed by atoms with Gasteiger partial charge in [0.1, 0.15) is 0 Å². The molecule has 0 N–H and O–H groups in total. The van der Waals surface area contributed by atoms with Gasteiger partial charge in [0, 0.05) is 44.2 Å². The zero-order valence-electron chi connectivity index (χ0n) is 39.9. The average molecular weight is 956 g/mol. The van der Waals surface area contributed by atoms with Crippen LogP contribution in [0.4, 0.5) is 0 Å². The molecule has 9 nitrogen and oxygen atoms in total. The molecule has 0 fully saturated rings. The van der Waals surface area contributed by atoms with E-state index in [1.54, 1.807) is 36.4 Å². The van der Waals surface area contributed by atoms with Gasteiger partial charge in [0.2, 0.25) is 0 Å². The smallest absolute Gasteiger partial charge is 0.160 e. The van der Waals surface area contributed by atoms with E-state index in [1.165, 1.54) is 0 Å². The summed E-state index contributed by atoms with van der Waals surface area (Å²) < 4.78 is 2.24. The van der Waals surface area contributed by atoms with Gasteiger partial charge in [0.25, 0.3) is 0 Å². The van der Waals surface area contributed by atoms with Crippen molar-refractivity contribution < 1.29 is 0 Å². The molecule has 3 aromatic heterocycles. The molecule has 0 atom stereocenters. The second-order valence-corrected chi connectivity index (χ2v) is 18.0. The van der Waals surface area contributed by atoms with E-state index in [1.807, 2.05) is 121 Å². The molecule has 75 heavy (non-hydrogen) atoms. The fraction of sp³-hybridized carbons (Fsp3) is 0. The Morgan fingerprint density at radius 1 is 0.280 bits per heavy atom. The van der Waals surface area contributed by atoms with Crippen LogP contribution in [0.5, 0.6) is 0 Å². The molecule has 0 saturated heterocycles. The van der Waals surface area contributed by atoms with Crippen LogP contribution in [0, 0.1) is 45.3 Å². The molecule has 0 amide bonds. The van der Waals surface area contributed by atoms with Crippen LogP contribution in [-0.4, -0.2) is 24.5 Å². The maximum Gasteiger partial charge on any atom is 0.160 e. The van der Waals surface area contributed by atoms with E-state index in [9.17, 15) is 21.0 Å². The molecule has 0 aliphatic carbocycles. The molecule has 12 rings (SSSR count). The molecular formula is C66H37N9. The van der Waals surface area contributed by atoms with Gasteiger partial charge >= 0.3 is 0 Å². The zero-order valence-corrected chi connectivity index (χ0v) is 39.9. The van der Waals surface area contributed by atoms with Gasteiger partial charge in [-0.25, -0.2) is 19.9 Å². The topological polar surface area (TPSA) is 152 Å². The van der Waals surface area contributed by atoms with Crippen molar-refractivity contribution in [1.82, 2.24) is 24.5 Å². The van der Waals surface area contributed by atoms with Gasteiger partial charge in [-0.05, 0) is 113 Å². The first-order valence-electron chi connectivity index (χ1n) is 24.1. The normalized spacial score (nSPS) is 10.9. The minimum Gasteiger partial charge on any atom is -0.309 e. The van der Waals surface area contributed by atoms with E-state index in [2.05, 4.69) is 95.6 Å². The summed E-state index contributed by atoms with van der Waals surface area (Å²) in [5.74, 6) is 1.09. The maximum absolute atomic E-state index is 9.97. The number of nitrogens with zero attached hydrogens (tertiary/aromatic N) is 9. The van der Waals surface area contributed by atoms with Gasteiger partial charge in [0.15, 0.2) is 11.6 Å². The maximum atomic E-state index is 9.97. The predicted molar refractivity (Wildman–Crippen MR) is 294 cm³/mol. The van der Waals surface area contributed by atoms with Crippen molar-refractivity contribution in [2.24, 2.45) is 0 Å². The number of aromatic nitrogens is 5. The highest BCUT2D eigenvalue weighted by Crippen LogP contribution is 2.42. The van der Waals surface area contributed by atoms with Crippen LogP contribution < -0.4 is 0 Å². The second-order valence-electron chi connectivity index (χ2n) is 18.0. The van der Waals surface area contributed by atoms with Crippen LogP contribution in [-0.2, 0) is 0 Å². The first kappa shape index (κ1) is 45.1. The monoisotopic (exact) mass is 955 g/mol. The number of hydrogen-bond donors (Lipinski definition) is 0. The van der Waals surface area contributed by atoms with Crippen molar-refractivity contribution in [3.8, 4) is 120 Å². The summed E-state index contributed by atoms with van der Waals surface area (Å²) in [6, 6.07) is 82.2. The summed E-state index contributed by atoms with van der Waals surface area (Å²) in [6.45, 7) is 0. The van der Waals surface area contributed by atoms with E-state index >= 15 is 0 Å². The lowest BCUT2D eigenvalue weighted by molar-refractivity contribution is 1.14. The highest BCUT2D eigenvalue weighted by atomic mass is 15.0. The molecule has 0 bridgehead atoms. The number of benzene rings is 9. The third-order valence-corrected chi connectivity index (χ3v) is 13.3. The SMILES string of the molecule is N#Cc1cc(C#N)cc(-c2ccc3c(c2)c2cc(-c4cc(C#N)cc(C#N)c4)ccc2n3-c2ccc(-c3nc(-c4ccccc4)cc(-c4ccccc4)n3)cc2-c2cc(-c3ccccc3)nc(-c3ccccc3)n2)c1. The van der Waals surface area contributed by atoms with Crippen molar-refractivity contribution in [3.63, 3.8) is 0 Å². The molecule has 0 aliphatic rings. The average Bonchev–Trinajstić information content (AvgIpc) is 3.88. The predicted octanol–water partition coefficient (Wildman–Crippen LogP) is 15.2. The highest BCUT2D eigenvalue weighted by Gasteiger charge is 2.22. The van der Waals surface area contributed by atoms with Crippen LogP contribution >= 0.6 is 0 Å². The van der Waals surface area contributed by atoms with Gasteiger partial charge < -0.3 is 4.57 Å². The van der Waals surface area contributed by atoms with Gasteiger partial charge in [-0.3, -0.25) is 0 Å². The third kappa shape index (κ3) is 8.68. The first-order valence-corrected chi connectivity index (χ1v) is 24.1. The summed E-state index contributed by atoms with van der Waals surface area (Å²) >= 11 is 0. The van der Waals surface area contributed by atoms with Gasteiger partial charge in [-0.15, -0.1) is 0 Å². The Labute approximate surface area is 432 Å². The lowest BCUT2D eigenvalue weighted by Gasteiger charge is -2.17. The van der Waals surface area contributed by atoms with Crippen LogP contribution in [0.25, 0.3) is 118 Å². The number of nitriles is 4. The van der Waals surface area contributed by atoms with Crippen molar-refractivity contribution in [3.05, 3.63) is 247 Å². The minimum atomic E-state index is 0.382. The second kappa shape index (κ2) is 19.2. The Morgan fingerprint density at radius 2 is 0.640 bits per heavy atom. The molecule has 346 valence electrons.